The van der Waals surface area contributed by atoms with Gasteiger partial charge in [0.05, 0.1) is 5.92 Å². The predicted molar refractivity (Wildman–Crippen MR) is 92.6 cm³/mol. The molecule has 1 N–H and O–H groups in total. The van der Waals surface area contributed by atoms with E-state index >= 15 is 0 Å². The number of carbonyl (C=O) groups excluding carboxylic acids is 2. The van der Waals surface area contributed by atoms with Gasteiger partial charge in [-0.25, -0.2) is 0 Å². The van der Waals surface area contributed by atoms with E-state index in [4.69, 9.17) is 0 Å². The molecule has 0 aromatic heterocycles. The van der Waals surface area contributed by atoms with Gasteiger partial charge in [-0.3, -0.25) is 19.9 Å². The van der Waals surface area contributed by atoms with Crippen LogP contribution in [0.3, 0.4) is 0 Å². The third kappa shape index (κ3) is 14.5. The highest BCUT2D eigenvalue weighted by molar-refractivity contribution is 6.02. The second-order valence-electron chi connectivity index (χ2n) is 4.08. The highest BCUT2D eigenvalue weighted by Crippen LogP contribution is 2.18. The molecule has 1 heterocycles. The van der Waals surface area contributed by atoms with Crippen LogP contribution in [0.1, 0.15) is 53.9 Å². The Kier molecular flexibility index (Phi) is 21.2. The molecule has 1 rings (SSSR count). The van der Waals surface area contributed by atoms with Gasteiger partial charge in [-0.15, -0.1) is 6.58 Å². The Morgan fingerprint density at radius 2 is 1.81 bits per heavy atom. The number of piperidine rings is 1. The molecule has 0 aliphatic carbocycles. The van der Waals surface area contributed by atoms with Gasteiger partial charge in [0.2, 0.25) is 11.8 Å². The second-order valence-corrected chi connectivity index (χ2v) is 4.08. The normalized spacial score (nSPS) is 16.2. The summed E-state index contributed by atoms with van der Waals surface area (Å²) < 4.78 is 0. The van der Waals surface area contributed by atoms with Crippen LogP contribution in [0.25, 0.3) is 0 Å². The molecular weight excluding hydrogens is 264 g/mol. The summed E-state index contributed by atoms with van der Waals surface area (Å²) in [5.74, 6) is -0.759. The maximum atomic E-state index is 11.3. The highest BCUT2D eigenvalue weighted by Gasteiger charge is 2.27. The van der Waals surface area contributed by atoms with Crippen molar-refractivity contribution in [3.63, 3.8) is 0 Å². The summed E-state index contributed by atoms with van der Waals surface area (Å²) in [6.07, 6.45) is 5.47. The number of allylic oxidation sites excluding steroid dienone is 1. The Morgan fingerprint density at radius 1 is 1.38 bits per heavy atom. The molecule has 0 bridgehead atoms. The first-order valence-electron chi connectivity index (χ1n) is 7.49. The summed E-state index contributed by atoms with van der Waals surface area (Å²) in [6.45, 7) is 17.2. The Hall–Kier alpha value is -1.71. The fourth-order valence-corrected chi connectivity index (χ4v) is 1.30. The van der Waals surface area contributed by atoms with E-state index in [1.807, 2.05) is 20.8 Å². The summed E-state index contributed by atoms with van der Waals surface area (Å²) in [5, 5.41) is 2.27. The molecule has 4 nitrogen and oxygen atoms in total. The third-order valence-corrected chi connectivity index (χ3v) is 1.98. The lowest BCUT2D eigenvalue weighted by Gasteiger charge is -2.20. The maximum Gasteiger partial charge on any atom is 0.234 e. The fourth-order valence-electron chi connectivity index (χ4n) is 1.30. The van der Waals surface area contributed by atoms with E-state index in [1.54, 1.807) is 19.3 Å². The Morgan fingerprint density at radius 3 is 2.14 bits per heavy atom. The van der Waals surface area contributed by atoms with Crippen LogP contribution in [0.15, 0.2) is 29.8 Å². The smallest absolute Gasteiger partial charge is 0.234 e. The fraction of sp³-hybridized carbons (Fsp3) is 0.588. The van der Waals surface area contributed by atoms with Gasteiger partial charge in [0, 0.05) is 19.7 Å². The van der Waals surface area contributed by atoms with Crippen molar-refractivity contribution >= 4 is 18.0 Å². The number of hydrogen-bond donors (Lipinski definition) is 1. The molecule has 1 saturated heterocycles. The zero-order valence-corrected chi connectivity index (χ0v) is 14.5. The van der Waals surface area contributed by atoms with Gasteiger partial charge < -0.3 is 0 Å². The predicted octanol–water partition coefficient (Wildman–Crippen LogP) is 3.93. The minimum atomic E-state index is -0.290. The van der Waals surface area contributed by atoms with Gasteiger partial charge in [0.1, 0.15) is 0 Å². The zero-order valence-electron chi connectivity index (χ0n) is 14.5. The van der Waals surface area contributed by atoms with Crippen LogP contribution < -0.4 is 5.32 Å². The Bertz CT molecular complexity index is 334. The van der Waals surface area contributed by atoms with Crippen molar-refractivity contribution in [3.8, 4) is 0 Å². The molecule has 122 valence electrons. The standard InChI is InChI=1S/C9H12N2O2.C3H8.C3H6.C2H6/c1-6(5-10-2)7-3-4-8(12)11-9(7)13;2*1-3-2;1-2/h5,7H,1,3-4H2,2H3,(H,11,12,13);3H2,1-2H3;3H,1H2,2H3;1-2H3. The van der Waals surface area contributed by atoms with Crippen molar-refractivity contribution in [2.75, 3.05) is 7.05 Å². The Balaban J connectivity index is -0.000000342. The molecule has 0 aromatic rings. The van der Waals surface area contributed by atoms with E-state index in [0.29, 0.717) is 18.4 Å². The van der Waals surface area contributed by atoms with E-state index in [0.717, 1.165) is 0 Å². The lowest BCUT2D eigenvalue weighted by Crippen LogP contribution is -2.41. The number of amides is 2. The number of nitrogens with one attached hydrogen (secondary N) is 1. The monoisotopic (exact) mass is 296 g/mol. The summed E-state index contributed by atoms with van der Waals surface area (Å²) in [5.41, 5.74) is 0.660. The highest BCUT2D eigenvalue weighted by atomic mass is 16.2. The van der Waals surface area contributed by atoms with Crippen LogP contribution in [-0.2, 0) is 9.59 Å². The lowest BCUT2D eigenvalue weighted by molar-refractivity contribution is -0.135. The zero-order chi connectivity index (χ0) is 17.3. The van der Waals surface area contributed by atoms with E-state index in [1.165, 1.54) is 6.42 Å². The summed E-state index contributed by atoms with van der Waals surface area (Å²) in [6, 6.07) is 0. The number of rotatable bonds is 2. The molecule has 0 saturated carbocycles. The number of imide groups is 1. The van der Waals surface area contributed by atoms with Crippen LogP contribution >= 0.6 is 0 Å². The molecule has 1 unspecified atom stereocenters. The topological polar surface area (TPSA) is 58.5 Å². The van der Waals surface area contributed by atoms with Crippen molar-refractivity contribution in [2.24, 2.45) is 10.9 Å². The summed E-state index contributed by atoms with van der Waals surface area (Å²) in [7, 11) is 1.62. The van der Waals surface area contributed by atoms with Crippen LogP contribution in [0.2, 0.25) is 0 Å². The molecule has 0 radical (unpaired) electrons. The molecule has 2 amide bonds. The van der Waals surface area contributed by atoms with Gasteiger partial charge in [-0.2, -0.15) is 0 Å². The molecule has 0 aromatic carbocycles. The number of aliphatic imine (C=N–C) groups is 1. The van der Waals surface area contributed by atoms with E-state index in [2.05, 4.69) is 37.3 Å². The first kappa shape index (κ1) is 24.3. The van der Waals surface area contributed by atoms with Crippen molar-refractivity contribution < 1.29 is 9.59 Å². The van der Waals surface area contributed by atoms with Crippen LogP contribution in [0, 0.1) is 5.92 Å². The Labute approximate surface area is 130 Å². The summed E-state index contributed by atoms with van der Waals surface area (Å²) in [4.78, 5) is 25.8. The number of nitrogens with zero attached hydrogens (tertiary/aromatic N) is 1. The molecule has 1 atom stereocenters. The van der Waals surface area contributed by atoms with Gasteiger partial charge in [0.15, 0.2) is 0 Å². The van der Waals surface area contributed by atoms with Crippen molar-refractivity contribution in [2.45, 2.75) is 53.9 Å². The molecule has 1 aliphatic rings. The molecular formula is C17H32N2O2. The van der Waals surface area contributed by atoms with Crippen molar-refractivity contribution in [1.82, 2.24) is 5.32 Å². The van der Waals surface area contributed by atoms with Gasteiger partial charge in [-0.05, 0) is 18.9 Å². The first-order valence-corrected chi connectivity index (χ1v) is 7.49. The lowest BCUT2D eigenvalue weighted by atomic mass is 9.92. The van der Waals surface area contributed by atoms with Crippen molar-refractivity contribution in [3.05, 3.63) is 24.8 Å². The minimum absolute atomic E-state index is 0.206. The third-order valence-electron chi connectivity index (χ3n) is 1.98. The molecule has 21 heavy (non-hydrogen) atoms. The van der Waals surface area contributed by atoms with Gasteiger partial charge in [0.25, 0.3) is 0 Å². The maximum absolute atomic E-state index is 11.3. The van der Waals surface area contributed by atoms with Gasteiger partial charge >= 0.3 is 0 Å². The average molecular weight is 296 g/mol. The number of hydrogen-bond acceptors (Lipinski definition) is 3. The van der Waals surface area contributed by atoms with Gasteiger partial charge in [-0.1, -0.05) is 46.8 Å². The SMILES string of the molecule is C=C(C=NC)C1CCC(=O)NC1=O.C=CC.CC.CCC. The van der Waals surface area contributed by atoms with Crippen molar-refractivity contribution in [1.29, 1.82) is 0 Å². The molecule has 1 aliphatic heterocycles. The number of carbonyl (C=O) groups is 2. The summed E-state index contributed by atoms with van der Waals surface area (Å²) >= 11 is 0. The molecule has 4 heteroatoms. The second kappa shape index (κ2) is 18.3. The largest absolute Gasteiger partial charge is 0.296 e. The van der Waals surface area contributed by atoms with Crippen LogP contribution in [0.5, 0.6) is 0 Å². The molecule has 0 spiro atoms. The first-order chi connectivity index (χ1) is 9.98. The average Bonchev–Trinajstić information content (AvgIpc) is 2.43. The minimum Gasteiger partial charge on any atom is -0.296 e. The quantitative estimate of drug-likeness (QED) is 0.477. The van der Waals surface area contributed by atoms with Crippen LogP contribution in [-0.4, -0.2) is 25.1 Å². The van der Waals surface area contributed by atoms with E-state index in [-0.39, 0.29) is 17.7 Å². The van der Waals surface area contributed by atoms with Crippen LogP contribution in [0.4, 0.5) is 0 Å². The van der Waals surface area contributed by atoms with E-state index in [9.17, 15) is 9.59 Å². The molecule has 1 fully saturated rings. The van der Waals surface area contributed by atoms with E-state index < -0.39 is 0 Å².